The number of hydrogen-bond acceptors (Lipinski definition) is 2. The van der Waals surface area contributed by atoms with E-state index in [1.807, 2.05) is 0 Å². The van der Waals surface area contributed by atoms with Gasteiger partial charge in [-0.1, -0.05) is 49.6 Å². The SMILES string of the molecule is NCC(CN1CCC2(CCCCC2)CC1)c1ccccc1. The summed E-state index contributed by atoms with van der Waals surface area (Å²) in [5, 5.41) is 0. The molecule has 1 spiro atoms. The standard InChI is InChI=1S/C19H30N2/c20-15-18(17-7-3-1-4-8-17)16-21-13-11-19(12-14-21)9-5-2-6-10-19/h1,3-4,7-8,18H,2,5-6,9-16,20H2. The minimum absolute atomic E-state index is 0.492. The molecule has 1 saturated carbocycles. The number of piperidine rings is 1. The molecule has 2 heteroatoms. The first-order valence-electron chi connectivity index (χ1n) is 8.79. The molecule has 2 fully saturated rings. The fourth-order valence-corrected chi connectivity index (χ4v) is 4.36. The van der Waals surface area contributed by atoms with Crippen LogP contribution in [0.1, 0.15) is 56.4 Å². The third-order valence-corrected chi connectivity index (χ3v) is 5.87. The van der Waals surface area contributed by atoms with Crippen LogP contribution in [-0.2, 0) is 0 Å². The van der Waals surface area contributed by atoms with Gasteiger partial charge in [0.2, 0.25) is 0 Å². The Kier molecular flexibility index (Phi) is 4.97. The van der Waals surface area contributed by atoms with Crippen LogP contribution in [0, 0.1) is 5.41 Å². The van der Waals surface area contributed by atoms with E-state index in [4.69, 9.17) is 5.73 Å². The number of nitrogens with two attached hydrogens (primary N) is 1. The van der Waals surface area contributed by atoms with Gasteiger partial charge in [0.05, 0.1) is 0 Å². The van der Waals surface area contributed by atoms with Gasteiger partial charge >= 0.3 is 0 Å². The van der Waals surface area contributed by atoms with E-state index >= 15 is 0 Å². The van der Waals surface area contributed by atoms with Gasteiger partial charge in [0, 0.05) is 19.0 Å². The second-order valence-electron chi connectivity index (χ2n) is 7.20. The molecule has 0 radical (unpaired) electrons. The zero-order valence-corrected chi connectivity index (χ0v) is 13.3. The van der Waals surface area contributed by atoms with Gasteiger partial charge in [-0.2, -0.15) is 0 Å². The highest BCUT2D eigenvalue weighted by molar-refractivity contribution is 5.20. The molecule has 1 unspecified atom stereocenters. The molecule has 0 aromatic heterocycles. The number of benzene rings is 1. The normalized spacial score (nSPS) is 24.0. The second-order valence-corrected chi connectivity index (χ2v) is 7.20. The Hall–Kier alpha value is -0.860. The summed E-state index contributed by atoms with van der Waals surface area (Å²) >= 11 is 0. The first-order valence-corrected chi connectivity index (χ1v) is 8.79. The van der Waals surface area contributed by atoms with Crippen LogP contribution in [-0.4, -0.2) is 31.1 Å². The van der Waals surface area contributed by atoms with Gasteiger partial charge < -0.3 is 10.6 Å². The Bertz CT molecular complexity index is 412. The Balaban J connectivity index is 1.54. The van der Waals surface area contributed by atoms with E-state index in [9.17, 15) is 0 Å². The fourth-order valence-electron chi connectivity index (χ4n) is 4.36. The van der Waals surface area contributed by atoms with Crippen molar-refractivity contribution in [2.45, 2.75) is 50.9 Å². The predicted octanol–water partition coefficient (Wildman–Crippen LogP) is 3.78. The molecular weight excluding hydrogens is 256 g/mol. The molecule has 2 N–H and O–H groups in total. The minimum atomic E-state index is 0.492. The van der Waals surface area contributed by atoms with Crippen molar-refractivity contribution < 1.29 is 0 Å². The van der Waals surface area contributed by atoms with Crippen molar-refractivity contribution >= 4 is 0 Å². The highest BCUT2D eigenvalue weighted by atomic mass is 15.1. The Morgan fingerprint density at radius 1 is 0.952 bits per heavy atom. The topological polar surface area (TPSA) is 29.3 Å². The van der Waals surface area contributed by atoms with E-state index in [1.54, 1.807) is 0 Å². The number of likely N-dealkylation sites (tertiary alicyclic amines) is 1. The van der Waals surface area contributed by atoms with E-state index in [-0.39, 0.29) is 0 Å². The predicted molar refractivity (Wildman–Crippen MR) is 89.4 cm³/mol. The van der Waals surface area contributed by atoms with Gasteiger partial charge in [-0.15, -0.1) is 0 Å². The molecule has 1 heterocycles. The molecular formula is C19H30N2. The van der Waals surface area contributed by atoms with Crippen LogP contribution in [0.5, 0.6) is 0 Å². The zero-order valence-electron chi connectivity index (χ0n) is 13.3. The molecule has 1 aliphatic carbocycles. The lowest BCUT2D eigenvalue weighted by molar-refractivity contribution is 0.0650. The lowest BCUT2D eigenvalue weighted by atomic mass is 9.68. The van der Waals surface area contributed by atoms with Crippen LogP contribution in [0.25, 0.3) is 0 Å². The first-order chi connectivity index (χ1) is 10.3. The van der Waals surface area contributed by atoms with E-state index in [0.717, 1.165) is 13.1 Å². The summed E-state index contributed by atoms with van der Waals surface area (Å²) in [6.45, 7) is 4.45. The van der Waals surface area contributed by atoms with Gasteiger partial charge in [0.25, 0.3) is 0 Å². The maximum Gasteiger partial charge on any atom is 0.00888 e. The van der Waals surface area contributed by atoms with Crippen molar-refractivity contribution in [2.75, 3.05) is 26.2 Å². The van der Waals surface area contributed by atoms with Gasteiger partial charge in [-0.25, -0.2) is 0 Å². The summed E-state index contributed by atoms with van der Waals surface area (Å²) in [6.07, 6.45) is 10.2. The second kappa shape index (κ2) is 6.93. The molecule has 1 aromatic carbocycles. The van der Waals surface area contributed by atoms with Gasteiger partial charge in [-0.3, -0.25) is 0 Å². The van der Waals surface area contributed by atoms with Crippen LogP contribution < -0.4 is 5.73 Å². The highest BCUT2D eigenvalue weighted by Gasteiger charge is 2.35. The summed E-state index contributed by atoms with van der Waals surface area (Å²) in [5.74, 6) is 0.492. The lowest BCUT2D eigenvalue weighted by Gasteiger charge is -2.45. The molecule has 1 saturated heterocycles. The summed E-state index contributed by atoms with van der Waals surface area (Å²) < 4.78 is 0. The summed E-state index contributed by atoms with van der Waals surface area (Å²) in [7, 11) is 0. The maximum atomic E-state index is 6.03. The average molecular weight is 286 g/mol. The third kappa shape index (κ3) is 3.67. The molecule has 116 valence electrons. The first kappa shape index (κ1) is 15.1. The maximum absolute atomic E-state index is 6.03. The molecule has 1 aromatic rings. The Labute approximate surface area is 129 Å². The van der Waals surface area contributed by atoms with E-state index in [1.165, 1.54) is 63.6 Å². The van der Waals surface area contributed by atoms with Gasteiger partial charge in [0.15, 0.2) is 0 Å². The van der Waals surface area contributed by atoms with Crippen molar-refractivity contribution in [3.05, 3.63) is 35.9 Å². The summed E-state index contributed by atoms with van der Waals surface area (Å²) in [5.41, 5.74) is 8.14. The van der Waals surface area contributed by atoms with E-state index in [0.29, 0.717) is 11.3 Å². The van der Waals surface area contributed by atoms with E-state index in [2.05, 4.69) is 35.2 Å². The molecule has 1 aliphatic heterocycles. The largest absolute Gasteiger partial charge is 0.330 e. The van der Waals surface area contributed by atoms with Gasteiger partial charge in [-0.05, 0) is 49.8 Å². The molecule has 0 amide bonds. The number of hydrogen-bond donors (Lipinski definition) is 1. The summed E-state index contributed by atoms with van der Waals surface area (Å²) in [4.78, 5) is 2.66. The van der Waals surface area contributed by atoms with Crippen molar-refractivity contribution in [1.29, 1.82) is 0 Å². The van der Waals surface area contributed by atoms with Crippen molar-refractivity contribution in [1.82, 2.24) is 4.90 Å². The molecule has 1 atom stereocenters. The Morgan fingerprint density at radius 3 is 2.24 bits per heavy atom. The lowest BCUT2D eigenvalue weighted by Crippen LogP contribution is -2.43. The van der Waals surface area contributed by atoms with Crippen LogP contribution in [0.3, 0.4) is 0 Å². The Morgan fingerprint density at radius 2 is 1.62 bits per heavy atom. The van der Waals surface area contributed by atoms with E-state index < -0.39 is 0 Å². The van der Waals surface area contributed by atoms with Crippen LogP contribution in [0.15, 0.2) is 30.3 Å². The fraction of sp³-hybridized carbons (Fsp3) is 0.684. The molecule has 21 heavy (non-hydrogen) atoms. The third-order valence-electron chi connectivity index (χ3n) is 5.87. The van der Waals surface area contributed by atoms with Gasteiger partial charge in [0.1, 0.15) is 0 Å². The summed E-state index contributed by atoms with van der Waals surface area (Å²) in [6, 6.07) is 10.8. The van der Waals surface area contributed by atoms with Crippen LogP contribution >= 0.6 is 0 Å². The van der Waals surface area contributed by atoms with Crippen LogP contribution in [0.2, 0.25) is 0 Å². The number of nitrogens with zero attached hydrogens (tertiary/aromatic N) is 1. The molecule has 2 aliphatic rings. The smallest absolute Gasteiger partial charge is 0.00888 e. The van der Waals surface area contributed by atoms with Crippen LogP contribution in [0.4, 0.5) is 0 Å². The molecule has 3 rings (SSSR count). The molecule has 2 nitrogen and oxygen atoms in total. The van der Waals surface area contributed by atoms with Crippen molar-refractivity contribution in [3.8, 4) is 0 Å². The van der Waals surface area contributed by atoms with Crippen molar-refractivity contribution in [3.63, 3.8) is 0 Å². The monoisotopic (exact) mass is 286 g/mol. The number of rotatable bonds is 4. The minimum Gasteiger partial charge on any atom is -0.330 e. The quantitative estimate of drug-likeness (QED) is 0.913. The highest BCUT2D eigenvalue weighted by Crippen LogP contribution is 2.44. The van der Waals surface area contributed by atoms with Crippen molar-refractivity contribution in [2.24, 2.45) is 11.1 Å². The molecule has 0 bridgehead atoms. The average Bonchev–Trinajstić information content (AvgIpc) is 2.56. The zero-order chi connectivity index (χ0) is 14.5.